The molecule has 0 unspecified atom stereocenters. The molecule has 3 aromatic rings. The lowest BCUT2D eigenvalue weighted by molar-refractivity contribution is -0.110. The Labute approximate surface area is 139 Å². The Morgan fingerprint density at radius 2 is 2.00 bits per heavy atom. The molecule has 7 nitrogen and oxygen atoms in total. The highest BCUT2D eigenvalue weighted by Crippen LogP contribution is 2.26. The Kier molecular flexibility index (Phi) is 3.24. The van der Waals surface area contributed by atoms with Gasteiger partial charge in [0.2, 0.25) is 4.96 Å². The number of carbonyl (C=O) groups is 1. The summed E-state index contributed by atoms with van der Waals surface area (Å²) in [5, 5.41) is 4.93. The molecule has 0 radical (unpaired) electrons. The first-order valence-electron chi connectivity index (χ1n) is 6.97. The number of ketones is 1. The summed E-state index contributed by atoms with van der Waals surface area (Å²) in [6.45, 7) is 0. The second kappa shape index (κ2) is 5.43. The van der Waals surface area contributed by atoms with Gasteiger partial charge in [0.25, 0.3) is 5.56 Å². The number of hydrogen-bond donors (Lipinski definition) is 1. The summed E-state index contributed by atoms with van der Waals surface area (Å²) in [5.74, 6) is 0.659. The highest BCUT2D eigenvalue weighted by atomic mass is 32.1. The van der Waals surface area contributed by atoms with E-state index >= 15 is 0 Å². The van der Waals surface area contributed by atoms with Crippen LogP contribution in [0.25, 0.3) is 21.8 Å². The van der Waals surface area contributed by atoms with Crippen LogP contribution in [-0.4, -0.2) is 20.4 Å². The zero-order valence-corrected chi connectivity index (χ0v) is 13.0. The van der Waals surface area contributed by atoms with Crippen molar-refractivity contribution in [1.29, 1.82) is 0 Å². The fraction of sp³-hybridized carbons (Fsp3) is 0. The Morgan fingerprint density at radius 1 is 1.21 bits per heavy atom. The van der Waals surface area contributed by atoms with Crippen molar-refractivity contribution in [3.05, 3.63) is 64.2 Å². The van der Waals surface area contributed by atoms with Gasteiger partial charge in [0, 0.05) is 0 Å². The minimum Gasteiger partial charge on any atom is -0.462 e. The van der Waals surface area contributed by atoms with Gasteiger partial charge in [-0.2, -0.15) is 9.50 Å². The van der Waals surface area contributed by atoms with E-state index in [-0.39, 0.29) is 17.2 Å². The van der Waals surface area contributed by atoms with Crippen LogP contribution in [0.15, 0.2) is 57.5 Å². The maximum Gasteiger partial charge on any atom is 0.283 e. The molecule has 4 rings (SSSR count). The number of aromatic nitrogens is 3. The van der Waals surface area contributed by atoms with Crippen molar-refractivity contribution in [2.45, 2.75) is 0 Å². The Balaban J connectivity index is 1.87. The SMILES string of the molecule is Nc1c(C=C2C=CC(=O)C=C2)c(=O)nc2sc(-c3ccco3)nn12. The second-order valence-electron chi connectivity index (χ2n) is 5.01. The zero-order chi connectivity index (χ0) is 16.7. The van der Waals surface area contributed by atoms with Crippen LogP contribution in [0.3, 0.4) is 0 Å². The van der Waals surface area contributed by atoms with Crippen molar-refractivity contribution in [1.82, 2.24) is 14.6 Å². The van der Waals surface area contributed by atoms with Gasteiger partial charge in [-0.05, 0) is 35.9 Å². The van der Waals surface area contributed by atoms with Gasteiger partial charge in [0.15, 0.2) is 16.6 Å². The van der Waals surface area contributed by atoms with Gasteiger partial charge < -0.3 is 10.2 Å². The van der Waals surface area contributed by atoms with Gasteiger partial charge in [0.1, 0.15) is 5.82 Å². The van der Waals surface area contributed by atoms with E-state index in [0.29, 0.717) is 21.3 Å². The van der Waals surface area contributed by atoms with Crippen LogP contribution < -0.4 is 11.3 Å². The molecule has 0 aliphatic heterocycles. The van der Waals surface area contributed by atoms with Gasteiger partial charge in [0.05, 0.1) is 11.8 Å². The number of nitrogen functional groups attached to an aromatic ring is 1. The minimum absolute atomic E-state index is 0.104. The first kappa shape index (κ1) is 14.3. The van der Waals surface area contributed by atoms with E-state index in [0.717, 1.165) is 0 Å². The van der Waals surface area contributed by atoms with Crippen LogP contribution >= 0.6 is 11.3 Å². The fourth-order valence-electron chi connectivity index (χ4n) is 2.25. The highest BCUT2D eigenvalue weighted by molar-refractivity contribution is 7.19. The van der Waals surface area contributed by atoms with Crippen molar-refractivity contribution in [2.75, 3.05) is 5.73 Å². The lowest BCUT2D eigenvalue weighted by atomic mass is 10.1. The van der Waals surface area contributed by atoms with Crippen LogP contribution in [-0.2, 0) is 4.79 Å². The Hall–Kier alpha value is -3.26. The summed E-state index contributed by atoms with van der Waals surface area (Å²) in [7, 11) is 0. The molecule has 0 atom stereocenters. The number of hydrogen-bond acceptors (Lipinski definition) is 7. The second-order valence-corrected chi connectivity index (χ2v) is 5.96. The number of fused-ring (bicyclic) bond motifs is 1. The maximum absolute atomic E-state index is 12.3. The standard InChI is InChI=1S/C16H10N4O3S/c17-13-11(8-9-3-5-10(21)6-4-9)14(22)18-16-20(13)19-15(24-16)12-2-1-7-23-12/h1-8H,17H2. The molecular weight excluding hydrogens is 328 g/mol. The Bertz CT molecular complexity index is 1080. The third kappa shape index (κ3) is 2.38. The average Bonchev–Trinajstić information content (AvgIpc) is 3.22. The summed E-state index contributed by atoms with van der Waals surface area (Å²) in [6, 6.07) is 3.52. The van der Waals surface area contributed by atoms with Gasteiger partial charge >= 0.3 is 0 Å². The normalized spacial score (nSPS) is 13.8. The van der Waals surface area contributed by atoms with E-state index in [1.54, 1.807) is 36.6 Å². The van der Waals surface area contributed by atoms with Crippen LogP contribution in [0.5, 0.6) is 0 Å². The summed E-state index contributed by atoms with van der Waals surface area (Å²) < 4.78 is 6.72. The molecule has 8 heteroatoms. The van der Waals surface area contributed by atoms with E-state index in [1.165, 1.54) is 28.0 Å². The number of allylic oxidation sites excluding steroid dienone is 5. The summed E-state index contributed by atoms with van der Waals surface area (Å²) >= 11 is 1.21. The predicted octanol–water partition coefficient (Wildman–Crippen LogP) is 2.07. The largest absolute Gasteiger partial charge is 0.462 e. The summed E-state index contributed by atoms with van der Waals surface area (Å²) in [5.41, 5.74) is 6.56. The molecule has 0 fully saturated rings. The van der Waals surface area contributed by atoms with Crippen molar-refractivity contribution >= 4 is 34.0 Å². The molecule has 118 valence electrons. The molecule has 0 aromatic carbocycles. The molecule has 0 amide bonds. The maximum atomic E-state index is 12.3. The summed E-state index contributed by atoms with van der Waals surface area (Å²) in [6.07, 6.45) is 9.20. The van der Waals surface area contributed by atoms with Crippen LogP contribution in [0.2, 0.25) is 0 Å². The molecule has 24 heavy (non-hydrogen) atoms. The molecule has 2 N–H and O–H groups in total. The third-order valence-corrected chi connectivity index (χ3v) is 4.34. The lowest BCUT2D eigenvalue weighted by Crippen LogP contribution is -2.16. The van der Waals surface area contributed by atoms with E-state index in [9.17, 15) is 9.59 Å². The molecule has 1 aliphatic rings. The number of carbonyl (C=O) groups excluding carboxylic acids is 1. The predicted molar refractivity (Wildman–Crippen MR) is 90.5 cm³/mol. The van der Waals surface area contributed by atoms with E-state index < -0.39 is 5.56 Å². The number of rotatable bonds is 2. The first-order valence-corrected chi connectivity index (χ1v) is 7.78. The monoisotopic (exact) mass is 338 g/mol. The van der Waals surface area contributed by atoms with Gasteiger partial charge in [-0.1, -0.05) is 23.5 Å². The highest BCUT2D eigenvalue weighted by Gasteiger charge is 2.15. The molecule has 0 saturated carbocycles. The van der Waals surface area contributed by atoms with Crippen molar-refractivity contribution < 1.29 is 9.21 Å². The fourth-order valence-corrected chi connectivity index (χ4v) is 3.11. The number of furan rings is 1. The quantitative estimate of drug-likeness (QED) is 0.767. The molecule has 0 saturated heterocycles. The van der Waals surface area contributed by atoms with Crippen LogP contribution in [0.4, 0.5) is 5.82 Å². The van der Waals surface area contributed by atoms with E-state index in [4.69, 9.17) is 10.2 Å². The van der Waals surface area contributed by atoms with Crippen LogP contribution in [0, 0.1) is 0 Å². The first-order chi connectivity index (χ1) is 11.6. The smallest absolute Gasteiger partial charge is 0.283 e. The van der Waals surface area contributed by atoms with E-state index in [1.807, 2.05) is 0 Å². The summed E-state index contributed by atoms with van der Waals surface area (Å²) in [4.78, 5) is 27.9. The van der Waals surface area contributed by atoms with Crippen molar-refractivity contribution in [2.24, 2.45) is 0 Å². The number of nitrogens with two attached hydrogens (primary N) is 1. The molecule has 3 heterocycles. The Morgan fingerprint density at radius 3 is 2.71 bits per heavy atom. The molecule has 1 aliphatic carbocycles. The lowest BCUT2D eigenvalue weighted by Gasteiger charge is -2.03. The van der Waals surface area contributed by atoms with E-state index in [2.05, 4.69) is 10.1 Å². The molecule has 3 aromatic heterocycles. The van der Waals surface area contributed by atoms with Gasteiger partial charge in [-0.15, -0.1) is 5.10 Å². The topological polar surface area (TPSA) is 103 Å². The van der Waals surface area contributed by atoms with Gasteiger partial charge in [-0.25, -0.2) is 0 Å². The number of anilines is 1. The van der Waals surface area contributed by atoms with Crippen molar-refractivity contribution in [3.8, 4) is 10.8 Å². The minimum atomic E-state index is -0.451. The molecule has 0 spiro atoms. The molecular formula is C16H10N4O3S. The number of nitrogens with zero attached hydrogens (tertiary/aromatic N) is 3. The van der Waals surface area contributed by atoms with Gasteiger partial charge in [-0.3, -0.25) is 9.59 Å². The van der Waals surface area contributed by atoms with Crippen LogP contribution in [0.1, 0.15) is 5.56 Å². The third-order valence-electron chi connectivity index (χ3n) is 3.41. The average molecular weight is 338 g/mol. The van der Waals surface area contributed by atoms with Crippen molar-refractivity contribution in [3.63, 3.8) is 0 Å². The molecule has 0 bridgehead atoms. The zero-order valence-electron chi connectivity index (χ0n) is 12.2.